The second-order valence-electron chi connectivity index (χ2n) is 7.02. The van der Waals surface area contributed by atoms with Gasteiger partial charge in [-0.2, -0.15) is 19.2 Å². The maximum Gasteiger partial charge on any atom is 0.373 e. The SMILES string of the molecule is CC1=C(C)C2([C@@H](Nc3ccccc3)c3ccc(C)cc3)C=C[C@@H]1O2.O=C=O.O=C=O. The van der Waals surface area contributed by atoms with E-state index in [0.717, 1.165) is 5.69 Å². The van der Waals surface area contributed by atoms with E-state index in [1.54, 1.807) is 0 Å². The molecule has 0 saturated heterocycles. The van der Waals surface area contributed by atoms with E-state index in [4.69, 9.17) is 23.9 Å². The van der Waals surface area contributed by atoms with Crippen LogP contribution in [0.5, 0.6) is 0 Å². The van der Waals surface area contributed by atoms with Gasteiger partial charge in [0.05, 0.1) is 12.1 Å². The molecule has 0 aromatic heterocycles. The average molecular weight is 405 g/mol. The number of rotatable bonds is 4. The molecule has 154 valence electrons. The highest BCUT2D eigenvalue weighted by Crippen LogP contribution is 2.50. The van der Waals surface area contributed by atoms with Crippen molar-refractivity contribution in [1.29, 1.82) is 0 Å². The van der Waals surface area contributed by atoms with Gasteiger partial charge in [-0.15, -0.1) is 0 Å². The van der Waals surface area contributed by atoms with Crippen LogP contribution < -0.4 is 5.32 Å². The fourth-order valence-electron chi connectivity index (χ4n) is 3.77. The van der Waals surface area contributed by atoms with Gasteiger partial charge >= 0.3 is 12.3 Å². The van der Waals surface area contributed by atoms with Gasteiger partial charge in [-0.3, -0.25) is 0 Å². The molecule has 0 radical (unpaired) electrons. The zero-order valence-electron chi connectivity index (χ0n) is 17.0. The van der Waals surface area contributed by atoms with E-state index in [1.165, 1.54) is 22.3 Å². The highest BCUT2D eigenvalue weighted by atomic mass is 16.5. The van der Waals surface area contributed by atoms with Gasteiger partial charge in [0, 0.05) is 5.69 Å². The van der Waals surface area contributed by atoms with E-state index in [1.807, 2.05) is 6.07 Å². The zero-order valence-corrected chi connectivity index (χ0v) is 17.0. The lowest BCUT2D eigenvalue weighted by Gasteiger charge is -2.36. The lowest BCUT2D eigenvalue weighted by molar-refractivity contribution is -0.193. The minimum absolute atomic E-state index is 0.0409. The van der Waals surface area contributed by atoms with E-state index in [2.05, 4.69) is 86.8 Å². The largest absolute Gasteiger partial charge is 0.375 e. The Kier molecular flexibility index (Phi) is 7.79. The summed E-state index contributed by atoms with van der Waals surface area (Å²) in [7, 11) is 0. The van der Waals surface area contributed by atoms with Crippen LogP contribution in [0.2, 0.25) is 0 Å². The molecule has 2 aliphatic rings. The molecule has 0 amide bonds. The topological polar surface area (TPSA) is 89.5 Å². The normalized spacial score (nSPS) is 21.4. The van der Waals surface area contributed by atoms with Gasteiger partial charge < -0.3 is 10.1 Å². The van der Waals surface area contributed by atoms with Crippen LogP contribution in [0.25, 0.3) is 0 Å². The summed E-state index contributed by atoms with van der Waals surface area (Å²) >= 11 is 0. The summed E-state index contributed by atoms with van der Waals surface area (Å²) in [4.78, 5) is 32.5. The maximum absolute atomic E-state index is 8.12. The van der Waals surface area contributed by atoms with E-state index < -0.39 is 5.60 Å². The summed E-state index contributed by atoms with van der Waals surface area (Å²) in [5, 5.41) is 3.72. The number of fused-ring (bicyclic) bond motifs is 2. The van der Waals surface area contributed by atoms with Gasteiger partial charge in [0.15, 0.2) is 0 Å². The molecule has 2 heterocycles. The van der Waals surface area contributed by atoms with Crippen molar-refractivity contribution in [2.75, 3.05) is 5.32 Å². The second-order valence-corrected chi connectivity index (χ2v) is 7.02. The van der Waals surface area contributed by atoms with Gasteiger partial charge in [0.1, 0.15) is 5.60 Å². The molecule has 30 heavy (non-hydrogen) atoms. The molecule has 0 fully saturated rings. The molecule has 6 heteroatoms. The Morgan fingerprint density at radius 2 is 1.47 bits per heavy atom. The molecule has 3 atom stereocenters. The molecule has 2 aromatic carbocycles. The fourth-order valence-corrected chi connectivity index (χ4v) is 3.77. The Balaban J connectivity index is 0.000000480. The molecular formula is C24H23NO5. The summed E-state index contributed by atoms with van der Waals surface area (Å²) in [6, 6.07) is 19.2. The van der Waals surface area contributed by atoms with Crippen molar-refractivity contribution in [1.82, 2.24) is 0 Å². The van der Waals surface area contributed by atoms with Crippen molar-refractivity contribution >= 4 is 18.0 Å². The first-order valence-electron chi connectivity index (χ1n) is 9.35. The molecule has 0 aliphatic carbocycles. The van der Waals surface area contributed by atoms with Crippen LogP contribution in [-0.4, -0.2) is 24.0 Å². The third-order valence-corrected chi connectivity index (χ3v) is 5.37. The van der Waals surface area contributed by atoms with Gasteiger partial charge in [0.25, 0.3) is 0 Å². The third kappa shape index (κ3) is 4.70. The number of hydrogen-bond acceptors (Lipinski definition) is 6. The number of para-hydroxylation sites is 1. The van der Waals surface area contributed by atoms with Crippen LogP contribution in [-0.2, 0) is 23.9 Å². The molecule has 2 aliphatic heterocycles. The van der Waals surface area contributed by atoms with Gasteiger partial charge in [0.2, 0.25) is 0 Å². The molecule has 0 spiro atoms. The third-order valence-electron chi connectivity index (χ3n) is 5.37. The van der Waals surface area contributed by atoms with Crippen LogP contribution in [0.15, 0.2) is 77.9 Å². The Labute approximate surface area is 175 Å². The van der Waals surface area contributed by atoms with Crippen LogP contribution in [0.3, 0.4) is 0 Å². The van der Waals surface area contributed by atoms with Crippen LogP contribution in [0.1, 0.15) is 31.0 Å². The fraction of sp³-hybridized carbons (Fsp3) is 0.250. The van der Waals surface area contributed by atoms with E-state index in [0.29, 0.717) is 0 Å². The molecule has 6 nitrogen and oxygen atoms in total. The number of hydrogen-bond donors (Lipinski definition) is 1. The van der Waals surface area contributed by atoms with Crippen molar-refractivity contribution in [2.24, 2.45) is 0 Å². The minimum Gasteiger partial charge on any atom is -0.375 e. The maximum atomic E-state index is 8.12. The van der Waals surface area contributed by atoms with E-state index in [9.17, 15) is 0 Å². The summed E-state index contributed by atoms with van der Waals surface area (Å²) in [6.45, 7) is 6.50. The van der Waals surface area contributed by atoms with Crippen molar-refractivity contribution in [2.45, 2.75) is 38.5 Å². The second kappa shape index (κ2) is 10.3. The van der Waals surface area contributed by atoms with Gasteiger partial charge in [-0.25, -0.2) is 0 Å². The van der Waals surface area contributed by atoms with Crippen LogP contribution in [0.4, 0.5) is 5.69 Å². The Hall–Kier alpha value is -3.56. The molecule has 1 N–H and O–H groups in total. The lowest BCUT2D eigenvalue weighted by Crippen LogP contribution is -2.39. The number of anilines is 1. The standard InChI is InChI=1S/C22H23NO.2CO2/c1-15-9-11-18(12-10-15)21(23-19-7-5-4-6-8-19)22-14-13-20(24-22)16(2)17(22)3;2*2-1-3/h4-14,20-21,23H,1-3H3;;/t20-,21-,22?;;/m0../s1. The van der Waals surface area contributed by atoms with Crippen LogP contribution >= 0.6 is 0 Å². The summed E-state index contributed by atoms with van der Waals surface area (Å²) < 4.78 is 6.46. The number of nitrogens with one attached hydrogen (secondary N) is 1. The van der Waals surface area contributed by atoms with Crippen molar-refractivity contribution in [3.63, 3.8) is 0 Å². The summed E-state index contributed by atoms with van der Waals surface area (Å²) in [6.07, 6.45) is 5.05. The summed E-state index contributed by atoms with van der Waals surface area (Å²) in [5.74, 6) is 0. The molecule has 1 unspecified atom stereocenters. The Morgan fingerprint density at radius 3 is 1.97 bits per heavy atom. The van der Waals surface area contributed by atoms with E-state index in [-0.39, 0.29) is 24.4 Å². The van der Waals surface area contributed by atoms with Crippen molar-refractivity contribution in [3.05, 3.63) is 89.0 Å². The zero-order chi connectivity index (χ0) is 22.1. The molecule has 2 bridgehead atoms. The Bertz CT molecular complexity index is 970. The monoisotopic (exact) mass is 405 g/mol. The predicted molar refractivity (Wildman–Crippen MR) is 109 cm³/mol. The molecular weight excluding hydrogens is 382 g/mol. The van der Waals surface area contributed by atoms with Crippen LogP contribution in [0, 0.1) is 6.92 Å². The quantitative estimate of drug-likeness (QED) is 0.773. The highest BCUT2D eigenvalue weighted by Gasteiger charge is 2.51. The molecule has 4 rings (SSSR count). The molecule has 2 aromatic rings. The number of aryl methyl sites for hydroxylation is 1. The minimum atomic E-state index is -0.403. The number of ether oxygens (including phenoxy) is 1. The smallest absolute Gasteiger partial charge is 0.373 e. The first-order valence-corrected chi connectivity index (χ1v) is 9.35. The van der Waals surface area contributed by atoms with Crippen molar-refractivity contribution in [3.8, 4) is 0 Å². The first kappa shape index (κ1) is 22.7. The number of benzene rings is 2. The molecule has 0 saturated carbocycles. The van der Waals surface area contributed by atoms with Gasteiger partial charge in [-0.05, 0) is 55.7 Å². The predicted octanol–water partition coefficient (Wildman–Crippen LogP) is 4.03. The lowest BCUT2D eigenvalue weighted by atomic mass is 9.79. The summed E-state index contributed by atoms with van der Waals surface area (Å²) in [5.41, 5.74) is 5.87. The van der Waals surface area contributed by atoms with Crippen molar-refractivity contribution < 1.29 is 23.9 Å². The Morgan fingerprint density at radius 1 is 0.900 bits per heavy atom. The highest BCUT2D eigenvalue weighted by molar-refractivity contribution is 5.54. The number of carbonyl (C=O) groups excluding carboxylic acids is 4. The van der Waals surface area contributed by atoms with E-state index >= 15 is 0 Å². The van der Waals surface area contributed by atoms with Gasteiger partial charge in [-0.1, -0.05) is 54.1 Å². The average Bonchev–Trinajstić information content (AvgIpc) is 3.28. The first-order chi connectivity index (χ1) is 14.4.